The number of aryl methyl sites for hydroxylation is 2. The average molecular weight is 612 g/mol. The molecule has 7 nitrogen and oxygen atoms in total. The van der Waals surface area contributed by atoms with E-state index in [9.17, 15) is 25.2 Å². The van der Waals surface area contributed by atoms with Crippen molar-refractivity contribution in [1.82, 2.24) is 5.32 Å². The van der Waals surface area contributed by atoms with Crippen molar-refractivity contribution < 1.29 is 30.3 Å². The van der Waals surface area contributed by atoms with Crippen molar-refractivity contribution in [2.75, 3.05) is 6.61 Å². The van der Waals surface area contributed by atoms with Crippen molar-refractivity contribution in [2.24, 2.45) is 0 Å². The molecule has 0 fully saturated rings. The maximum atomic E-state index is 10.9. The number of carbonyl (C=O) groups is 1. The SMILES string of the molecule is CCCCCC(O)C=CC1=C(CC(O)CO)C(CCCCCCC(=O)O)NC(C(C)O)CC#Cc2c(CC)cccc2CC1. The lowest BCUT2D eigenvalue weighted by molar-refractivity contribution is -0.137. The van der Waals surface area contributed by atoms with Crippen LogP contribution in [-0.2, 0) is 17.6 Å². The minimum atomic E-state index is -0.945. The molecule has 7 heteroatoms. The van der Waals surface area contributed by atoms with E-state index in [2.05, 4.69) is 49.2 Å². The highest BCUT2D eigenvalue weighted by atomic mass is 16.4. The van der Waals surface area contributed by atoms with Gasteiger partial charge in [0.25, 0.3) is 0 Å². The van der Waals surface area contributed by atoms with E-state index in [-0.39, 0.29) is 31.5 Å². The van der Waals surface area contributed by atoms with Gasteiger partial charge in [0, 0.05) is 30.5 Å². The summed E-state index contributed by atoms with van der Waals surface area (Å²) < 4.78 is 0. The van der Waals surface area contributed by atoms with E-state index < -0.39 is 24.3 Å². The van der Waals surface area contributed by atoms with Gasteiger partial charge in [-0.3, -0.25) is 4.79 Å². The smallest absolute Gasteiger partial charge is 0.303 e. The van der Waals surface area contributed by atoms with Crippen LogP contribution in [0.25, 0.3) is 0 Å². The van der Waals surface area contributed by atoms with Crippen LogP contribution in [0.2, 0.25) is 0 Å². The number of benzene rings is 1. The molecule has 1 aliphatic rings. The maximum Gasteiger partial charge on any atom is 0.303 e. The highest BCUT2D eigenvalue weighted by molar-refractivity contribution is 5.66. The van der Waals surface area contributed by atoms with E-state index in [1.807, 2.05) is 12.2 Å². The van der Waals surface area contributed by atoms with Crippen molar-refractivity contribution in [3.8, 4) is 11.8 Å². The van der Waals surface area contributed by atoms with Gasteiger partial charge in [-0.25, -0.2) is 0 Å². The molecule has 44 heavy (non-hydrogen) atoms. The number of carboxylic acids is 1. The van der Waals surface area contributed by atoms with Crippen LogP contribution in [-0.4, -0.2) is 68.5 Å². The minimum Gasteiger partial charge on any atom is -0.481 e. The van der Waals surface area contributed by atoms with Crippen LogP contribution in [0.4, 0.5) is 0 Å². The third-order valence-electron chi connectivity index (χ3n) is 8.57. The molecular formula is C37H57NO6. The molecule has 2 rings (SSSR count). The molecule has 0 spiro atoms. The summed E-state index contributed by atoms with van der Waals surface area (Å²) in [6.07, 6.45) is 12.5. The van der Waals surface area contributed by atoms with Crippen LogP contribution in [0, 0.1) is 11.8 Å². The predicted octanol–water partition coefficient (Wildman–Crippen LogP) is 5.61. The number of aliphatic carboxylic acids is 1. The number of unbranched alkanes of at least 4 members (excludes halogenated alkanes) is 5. The zero-order valence-electron chi connectivity index (χ0n) is 27.2. The number of carboxylic acid groups (broad SMARTS) is 1. The van der Waals surface area contributed by atoms with Crippen LogP contribution >= 0.6 is 0 Å². The summed E-state index contributed by atoms with van der Waals surface area (Å²) in [6.45, 7) is 5.67. The second-order valence-electron chi connectivity index (χ2n) is 12.2. The number of aliphatic hydroxyl groups is 4. The molecule has 1 aliphatic heterocycles. The zero-order valence-corrected chi connectivity index (χ0v) is 27.2. The molecule has 5 atom stereocenters. The summed E-state index contributed by atoms with van der Waals surface area (Å²) in [4.78, 5) is 10.9. The summed E-state index contributed by atoms with van der Waals surface area (Å²) in [5, 5.41) is 54.9. The Labute approximate surface area is 265 Å². The molecule has 1 heterocycles. The number of rotatable bonds is 18. The molecule has 1 aromatic rings. The van der Waals surface area contributed by atoms with E-state index in [0.717, 1.165) is 80.1 Å². The minimum absolute atomic E-state index is 0.162. The number of hydrogen-bond donors (Lipinski definition) is 6. The molecule has 0 radical (unpaired) electrons. The number of fused-ring (bicyclic) bond motifs is 1. The lowest BCUT2D eigenvalue weighted by Crippen LogP contribution is -2.46. The molecule has 1 aromatic carbocycles. The van der Waals surface area contributed by atoms with E-state index >= 15 is 0 Å². The first-order valence-corrected chi connectivity index (χ1v) is 16.8. The Kier molecular flexibility index (Phi) is 18.3. The normalized spacial score (nSPS) is 19.8. The molecule has 0 saturated carbocycles. The first-order chi connectivity index (χ1) is 21.2. The third-order valence-corrected chi connectivity index (χ3v) is 8.57. The van der Waals surface area contributed by atoms with E-state index in [1.54, 1.807) is 6.92 Å². The fourth-order valence-corrected chi connectivity index (χ4v) is 5.89. The topological polar surface area (TPSA) is 130 Å². The summed E-state index contributed by atoms with van der Waals surface area (Å²) in [5.74, 6) is 5.99. The van der Waals surface area contributed by atoms with Gasteiger partial charge >= 0.3 is 5.97 Å². The first-order valence-electron chi connectivity index (χ1n) is 16.8. The highest BCUT2D eigenvalue weighted by Crippen LogP contribution is 2.28. The van der Waals surface area contributed by atoms with Gasteiger partial charge in [-0.15, -0.1) is 0 Å². The van der Waals surface area contributed by atoms with Crippen molar-refractivity contribution in [2.45, 2.75) is 147 Å². The standard InChI is InChI=1S/C37H57NO6/c1-4-6-9-16-31(41)24-23-30-22-21-29-15-12-14-28(5-2)33(29)17-13-19-35(27(3)40)38-36(34(30)25-32(42)26-39)18-10-7-8-11-20-37(43)44/h12,14-15,23-24,27,31-32,35-36,38-42H,4-11,16,18-22,25-26H2,1-3H3,(H,43,44). The first kappa shape index (κ1) is 37.7. The monoisotopic (exact) mass is 611 g/mol. The van der Waals surface area contributed by atoms with Crippen LogP contribution in [0.15, 0.2) is 41.5 Å². The molecular weight excluding hydrogens is 554 g/mol. The van der Waals surface area contributed by atoms with Crippen molar-refractivity contribution in [3.05, 3.63) is 58.2 Å². The second kappa shape index (κ2) is 21.3. The van der Waals surface area contributed by atoms with E-state index in [0.29, 0.717) is 25.7 Å². The van der Waals surface area contributed by atoms with Crippen molar-refractivity contribution in [3.63, 3.8) is 0 Å². The van der Waals surface area contributed by atoms with Gasteiger partial charge in [-0.1, -0.05) is 94.6 Å². The third kappa shape index (κ3) is 13.7. The van der Waals surface area contributed by atoms with Gasteiger partial charge in [0.15, 0.2) is 0 Å². The largest absolute Gasteiger partial charge is 0.481 e. The Balaban J connectivity index is 2.59. The van der Waals surface area contributed by atoms with Crippen LogP contribution in [0.3, 0.4) is 0 Å². The van der Waals surface area contributed by atoms with E-state index in [1.165, 1.54) is 5.56 Å². The Bertz CT molecular complexity index is 1110. The summed E-state index contributed by atoms with van der Waals surface area (Å²) >= 11 is 0. The Morgan fingerprint density at radius 1 is 1.07 bits per heavy atom. The Morgan fingerprint density at radius 3 is 2.52 bits per heavy atom. The molecule has 5 unspecified atom stereocenters. The summed E-state index contributed by atoms with van der Waals surface area (Å²) in [5.41, 5.74) is 5.38. The lowest BCUT2D eigenvalue weighted by Gasteiger charge is -2.31. The molecule has 0 aliphatic carbocycles. The summed E-state index contributed by atoms with van der Waals surface area (Å²) in [7, 11) is 0. The number of aliphatic hydroxyl groups excluding tert-OH is 4. The molecule has 0 aromatic heterocycles. The molecule has 0 amide bonds. The van der Waals surface area contributed by atoms with Gasteiger partial charge in [0.05, 0.1) is 24.9 Å². The van der Waals surface area contributed by atoms with Gasteiger partial charge < -0.3 is 30.8 Å². The molecule has 0 bridgehead atoms. The molecule has 0 saturated heterocycles. The highest BCUT2D eigenvalue weighted by Gasteiger charge is 2.26. The van der Waals surface area contributed by atoms with Crippen LogP contribution in [0.5, 0.6) is 0 Å². The Morgan fingerprint density at radius 2 is 1.84 bits per heavy atom. The fourth-order valence-electron chi connectivity index (χ4n) is 5.89. The van der Waals surface area contributed by atoms with Gasteiger partial charge in [0.1, 0.15) is 0 Å². The van der Waals surface area contributed by atoms with E-state index in [4.69, 9.17) is 5.11 Å². The van der Waals surface area contributed by atoms with Crippen LogP contribution in [0.1, 0.15) is 121 Å². The predicted molar refractivity (Wildman–Crippen MR) is 177 cm³/mol. The summed E-state index contributed by atoms with van der Waals surface area (Å²) in [6, 6.07) is 5.79. The number of nitrogens with one attached hydrogen (secondary N) is 1. The maximum absolute atomic E-state index is 10.9. The number of hydrogen-bond acceptors (Lipinski definition) is 6. The van der Waals surface area contributed by atoms with Crippen LogP contribution < -0.4 is 5.32 Å². The Hall–Kier alpha value is -2.47. The molecule has 246 valence electrons. The fraction of sp³-hybridized carbons (Fsp3) is 0.649. The van der Waals surface area contributed by atoms with Gasteiger partial charge in [-0.2, -0.15) is 0 Å². The average Bonchev–Trinajstić information content (AvgIpc) is 2.99. The lowest BCUT2D eigenvalue weighted by atomic mass is 9.86. The zero-order chi connectivity index (χ0) is 32.3. The van der Waals surface area contributed by atoms with Crippen molar-refractivity contribution >= 4 is 5.97 Å². The van der Waals surface area contributed by atoms with Gasteiger partial charge in [0.2, 0.25) is 0 Å². The molecule has 6 N–H and O–H groups in total. The second-order valence-corrected chi connectivity index (χ2v) is 12.2. The van der Waals surface area contributed by atoms with Gasteiger partial charge in [-0.05, 0) is 74.1 Å². The number of allylic oxidation sites excluding steroid dienone is 2. The van der Waals surface area contributed by atoms with Crippen molar-refractivity contribution in [1.29, 1.82) is 0 Å². The quantitative estimate of drug-likeness (QED) is 0.0941.